The molecule has 4 nitrogen and oxygen atoms in total. The first kappa shape index (κ1) is 11.7. The van der Waals surface area contributed by atoms with Crippen LogP contribution in [0.2, 0.25) is 0 Å². The van der Waals surface area contributed by atoms with Crippen molar-refractivity contribution in [3.63, 3.8) is 0 Å². The van der Waals surface area contributed by atoms with Crippen LogP contribution >= 0.6 is 0 Å². The minimum atomic E-state index is -0.361. The van der Waals surface area contributed by atoms with Gasteiger partial charge in [-0.2, -0.15) is 0 Å². The highest BCUT2D eigenvalue weighted by Gasteiger charge is 2.15. The summed E-state index contributed by atoms with van der Waals surface area (Å²) in [5.74, 6) is 1.25. The molecule has 0 amide bonds. The zero-order chi connectivity index (χ0) is 13.2. The molecule has 0 bridgehead atoms. The second kappa shape index (κ2) is 4.74. The molecule has 96 valence electrons. The summed E-state index contributed by atoms with van der Waals surface area (Å²) >= 11 is 0. The van der Waals surface area contributed by atoms with Gasteiger partial charge in [0, 0.05) is 6.07 Å². The van der Waals surface area contributed by atoms with Gasteiger partial charge in [-0.1, -0.05) is 30.3 Å². The van der Waals surface area contributed by atoms with Crippen LogP contribution in [0.15, 0.2) is 52.9 Å². The molecule has 19 heavy (non-hydrogen) atoms. The molecule has 0 fully saturated rings. The predicted octanol–water partition coefficient (Wildman–Crippen LogP) is 2.88. The third kappa shape index (κ3) is 2.18. The normalized spacial score (nSPS) is 12.5. The van der Waals surface area contributed by atoms with Crippen LogP contribution in [0.1, 0.15) is 17.5 Å². The molecular formula is C15H14N2O2. The van der Waals surface area contributed by atoms with Gasteiger partial charge in [0.05, 0.1) is 7.11 Å². The highest BCUT2D eigenvalue weighted by Crippen LogP contribution is 2.26. The van der Waals surface area contributed by atoms with Crippen molar-refractivity contribution < 1.29 is 9.15 Å². The summed E-state index contributed by atoms with van der Waals surface area (Å²) in [4.78, 5) is 4.42. The zero-order valence-electron chi connectivity index (χ0n) is 10.5. The van der Waals surface area contributed by atoms with Crippen molar-refractivity contribution in [1.82, 2.24) is 4.98 Å². The number of oxazole rings is 1. The van der Waals surface area contributed by atoms with Crippen LogP contribution in [0.25, 0.3) is 11.1 Å². The molecule has 0 saturated heterocycles. The van der Waals surface area contributed by atoms with Crippen molar-refractivity contribution in [2.75, 3.05) is 7.11 Å². The van der Waals surface area contributed by atoms with E-state index in [2.05, 4.69) is 4.98 Å². The first-order chi connectivity index (χ1) is 9.28. The van der Waals surface area contributed by atoms with Gasteiger partial charge in [-0.25, -0.2) is 4.98 Å². The first-order valence-electron chi connectivity index (χ1n) is 6.03. The van der Waals surface area contributed by atoms with E-state index in [4.69, 9.17) is 14.9 Å². The van der Waals surface area contributed by atoms with E-state index in [9.17, 15) is 0 Å². The highest BCUT2D eigenvalue weighted by atomic mass is 16.5. The Hall–Kier alpha value is -2.33. The zero-order valence-corrected chi connectivity index (χ0v) is 10.5. The molecule has 2 aromatic carbocycles. The average molecular weight is 254 g/mol. The van der Waals surface area contributed by atoms with Crippen LogP contribution in [0.5, 0.6) is 5.75 Å². The SMILES string of the molecule is COc1ccc2nc(C(N)c3ccccc3)oc2c1. The summed E-state index contributed by atoms with van der Waals surface area (Å²) in [7, 11) is 1.62. The van der Waals surface area contributed by atoms with Crippen LogP contribution < -0.4 is 10.5 Å². The maximum absolute atomic E-state index is 6.16. The number of hydrogen-bond acceptors (Lipinski definition) is 4. The van der Waals surface area contributed by atoms with E-state index >= 15 is 0 Å². The summed E-state index contributed by atoms with van der Waals surface area (Å²) in [6.45, 7) is 0. The van der Waals surface area contributed by atoms with Gasteiger partial charge < -0.3 is 14.9 Å². The van der Waals surface area contributed by atoms with Crippen molar-refractivity contribution >= 4 is 11.1 Å². The fraction of sp³-hybridized carbons (Fsp3) is 0.133. The minimum absolute atomic E-state index is 0.361. The smallest absolute Gasteiger partial charge is 0.217 e. The van der Waals surface area contributed by atoms with Crippen molar-refractivity contribution in [1.29, 1.82) is 0 Å². The summed E-state index contributed by atoms with van der Waals surface area (Å²) < 4.78 is 10.9. The van der Waals surface area contributed by atoms with Gasteiger partial charge in [-0.3, -0.25) is 0 Å². The fourth-order valence-electron chi connectivity index (χ4n) is 1.99. The maximum atomic E-state index is 6.16. The Bertz CT molecular complexity index is 692. The summed E-state index contributed by atoms with van der Waals surface area (Å²) in [5, 5.41) is 0. The monoisotopic (exact) mass is 254 g/mol. The number of rotatable bonds is 3. The minimum Gasteiger partial charge on any atom is -0.497 e. The van der Waals surface area contributed by atoms with Crippen LogP contribution in [-0.2, 0) is 0 Å². The second-order valence-electron chi connectivity index (χ2n) is 4.27. The molecule has 3 aromatic rings. The van der Waals surface area contributed by atoms with Gasteiger partial charge in [0.25, 0.3) is 0 Å². The highest BCUT2D eigenvalue weighted by molar-refractivity contribution is 5.74. The number of nitrogens with zero attached hydrogens (tertiary/aromatic N) is 1. The van der Waals surface area contributed by atoms with Crippen molar-refractivity contribution in [2.45, 2.75) is 6.04 Å². The molecule has 1 unspecified atom stereocenters. The third-order valence-electron chi connectivity index (χ3n) is 3.04. The van der Waals surface area contributed by atoms with Gasteiger partial charge in [0.15, 0.2) is 5.58 Å². The predicted molar refractivity (Wildman–Crippen MR) is 73.0 cm³/mol. The van der Waals surface area contributed by atoms with Crippen LogP contribution in [0, 0.1) is 0 Å². The lowest BCUT2D eigenvalue weighted by Gasteiger charge is -2.06. The molecule has 1 atom stereocenters. The molecule has 0 radical (unpaired) electrons. The van der Waals surface area contributed by atoms with E-state index in [1.54, 1.807) is 7.11 Å². The van der Waals surface area contributed by atoms with E-state index in [0.717, 1.165) is 16.8 Å². The largest absolute Gasteiger partial charge is 0.497 e. The van der Waals surface area contributed by atoms with E-state index < -0.39 is 0 Å². The number of nitrogens with two attached hydrogens (primary N) is 1. The molecule has 1 heterocycles. The van der Waals surface area contributed by atoms with E-state index in [1.807, 2.05) is 48.5 Å². The number of aromatic nitrogens is 1. The molecule has 4 heteroatoms. The molecule has 0 spiro atoms. The molecule has 1 aromatic heterocycles. The van der Waals surface area contributed by atoms with Gasteiger partial charge in [-0.05, 0) is 17.7 Å². The number of benzene rings is 2. The maximum Gasteiger partial charge on any atom is 0.217 e. The molecule has 0 aliphatic carbocycles. The number of methoxy groups -OCH3 is 1. The Morgan fingerprint density at radius 2 is 1.95 bits per heavy atom. The third-order valence-corrected chi connectivity index (χ3v) is 3.04. The Morgan fingerprint density at radius 1 is 1.16 bits per heavy atom. The van der Waals surface area contributed by atoms with Crippen LogP contribution in [0.4, 0.5) is 0 Å². The van der Waals surface area contributed by atoms with Gasteiger partial charge in [-0.15, -0.1) is 0 Å². The van der Waals surface area contributed by atoms with Gasteiger partial charge >= 0.3 is 0 Å². The number of ether oxygens (including phenoxy) is 1. The van der Waals surface area contributed by atoms with Gasteiger partial charge in [0.1, 0.15) is 17.3 Å². The number of hydrogen-bond donors (Lipinski definition) is 1. The Kier molecular flexibility index (Phi) is 2.93. The lowest BCUT2D eigenvalue weighted by atomic mass is 10.1. The van der Waals surface area contributed by atoms with E-state index in [1.165, 1.54) is 0 Å². The molecular weight excluding hydrogens is 240 g/mol. The Morgan fingerprint density at radius 3 is 2.68 bits per heavy atom. The molecule has 0 aliphatic rings. The lowest BCUT2D eigenvalue weighted by molar-refractivity contribution is 0.414. The first-order valence-corrected chi connectivity index (χ1v) is 6.03. The molecule has 2 N–H and O–H groups in total. The summed E-state index contributed by atoms with van der Waals surface area (Å²) in [6, 6.07) is 14.9. The van der Waals surface area contributed by atoms with Crippen molar-refractivity contribution in [2.24, 2.45) is 5.73 Å². The molecule has 0 aliphatic heterocycles. The second-order valence-corrected chi connectivity index (χ2v) is 4.27. The molecule has 3 rings (SSSR count). The number of fused-ring (bicyclic) bond motifs is 1. The summed E-state index contributed by atoms with van der Waals surface area (Å²) in [6.07, 6.45) is 0. The van der Waals surface area contributed by atoms with E-state index in [-0.39, 0.29) is 6.04 Å². The van der Waals surface area contributed by atoms with Crippen LogP contribution in [0.3, 0.4) is 0 Å². The summed E-state index contributed by atoms with van der Waals surface area (Å²) in [5.41, 5.74) is 8.60. The quantitative estimate of drug-likeness (QED) is 0.780. The Labute approximate surface area is 110 Å². The fourth-order valence-corrected chi connectivity index (χ4v) is 1.99. The van der Waals surface area contributed by atoms with E-state index in [0.29, 0.717) is 11.5 Å². The van der Waals surface area contributed by atoms with Crippen molar-refractivity contribution in [3.05, 3.63) is 60.0 Å². The Balaban J connectivity index is 2.01. The standard InChI is InChI=1S/C15H14N2O2/c1-18-11-7-8-12-13(9-11)19-15(17-12)14(16)10-5-3-2-4-6-10/h2-9,14H,16H2,1H3. The van der Waals surface area contributed by atoms with Gasteiger partial charge in [0.2, 0.25) is 5.89 Å². The topological polar surface area (TPSA) is 61.3 Å². The van der Waals surface area contributed by atoms with Crippen LogP contribution in [-0.4, -0.2) is 12.1 Å². The average Bonchev–Trinajstić information content (AvgIpc) is 2.90. The van der Waals surface area contributed by atoms with Crippen molar-refractivity contribution in [3.8, 4) is 5.75 Å². The molecule has 0 saturated carbocycles. The lowest BCUT2D eigenvalue weighted by Crippen LogP contribution is -2.11.